The number of nitrogens with one attached hydrogen (secondary N) is 1. The minimum absolute atomic E-state index is 0.00507. The summed E-state index contributed by atoms with van der Waals surface area (Å²) in [6.07, 6.45) is -0.252. The van der Waals surface area contributed by atoms with Crippen LogP contribution in [-0.4, -0.2) is 28.6 Å². The number of nitro groups is 1. The van der Waals surface area contributed by atoms with Crippen molar-refractivity contribution in [3.05, 3.63) is 74.8 Å². The van der Waals surface area contributed by atoms with Crippen molar-refractivity contribution in [1.82, 2.24) is 5.32 Å². The topological polar surface area (TPSA) is 92.5 Å². The normalized spacial score (nSPS) is 11.8. The fraction of sp³-hybridized carbons (Fsp3) is 0.235. The second kappa shape index (κ2) is 8.42. The second-order valence-electron chi connectivity index (χ2n) is 5.36. The molecular formula is C17H17ClN2O4. The Kier molecular flexibility index (Phi) is 6.28. The van der Waals surface area contributed by atoms with Crippen LogP contribution in [0, 0.1) is 10.1 Å². The number of benzene rings is 2. The van der Waals surface area contributed by atoms with Crippen LogP contribution < -0.4 is 5.32 Å². The molecular weight excluding hydrogens is 332 g/mol. The summed E-state index contributed by atoms with van der Waals surface area (Å²) in [7, 11) is 0. The fourth-order valence-corrected chi connectivity index (χ4v) is 2.46. The zero-order valence-corrected chi connectivity index (χ0v) is 13.6. The summed E-state index contributed by atoms with van der Waals surface area (Å²) in [4.78, 5) is 22.0. The maximum atomic E-state index is 11.9. The highest BCUT2D eigenvalue weighted by Gasteiger charge is 2.13. The van der Waals surface area contributed by atoms with E-state index in [1.807, 2.05) is 30.3 Å². The van der Waals surface area contributed by atoms with Crippen LogP contribution in [0.5, 0.6) is 0 Å². The van der Waals surface area contributed by atoms with Gasteiger partial charge in [-0.3, -0.25) is 14.9 Å². The molecule has 0 spiro atoms. The Morgan fingerprint density at radius 3 is 2.58 bits per heavy atom. The molecule has 2 N–H and O–H groups in total. The van der Waals surface area contributed by atoms with E-state index in [1.165, 1.54) is 18.2 Å². The summed E-state index contributed by atoms with van der Waals surface area (Å²) in [5, 5.41) is 23.4. The van der Waals surface area contributed by atoms with Gasteiger partial charge in [-0.05, 0) is 11.1 Å². The van der Waals surface area contributed by atoms with E-state index in [2.05, 4.69) is 5.32 Å². The number of rotatable bonds is 7. The third-order valence-electron chi connectivity index (χ3n) is 3.45. The molecule has 0 aliphatic heterocycles. The van der Waals surface area contributed by atoms with Crippen LogP contribution in [0.1, 0.15) is 11.1 Å². The van der Waals surface area contributed by atoms with Crippen LogP contribution in [0.25, 0.3) is 0 Å². The summed E-state index contributed by atoms with van der Waals surface area (Å²) in [5.41, 5.74) is 1.36. The average molecular weight is 349 g/mol. The lowest BCUT2D eigenvalue weighted by atomic mass is 10.1. The van der Waals surface area contributed by atoms with E-state index < -0.39 is 11.0 Å². The third kappa shape index (κ3) is 5.33. The van der Waals surface area contributed by atoms with Gasteiger partial charge in [-0.25, -0.2) is 0 Å². The summed E-state index contributed by atoms with van der Waals surface area (Å²) >= 11 is 5.95. The number of aliphatic hydroxyl groups excluding tert-OH is 1. The molecule has 0 saturated heterocycles. The molecule has 2 rings (SSSR count). The monoisotopic (exact) mass is 348 g/mol. The number of nitro benzene ring substituents is 1. The molecule has 0 bridgehead atoms. The Labute approximate surface area is 144 Å². The Morgan fingerprint density at radius 2 is 1.96 bits per heavy atom. The second-order valence-corrected chi connectivity index (χ2v) is 5.76. The van der Waals surface area contributed by atoms with Crippen molar-refractivity contribution < 1.29 is 14.8 Å². The van der Waals surface area contributed by atoms with Gasteiger partial charge in [0, 0.05) is 25.1 Å². The number of halogens is 1. The van der Waals surface area contributed by atoms with Crippen LogP contribution in [0.2, 0.25) is 5.02 Å². The number of aliphatic hydroxyl groups is 1. The van der Waals surface area contributed by atoms with Gasteiger partial charge in [-0.2, -0.15) is 0 Å². The van der Waals surface area contributed by atoms with E-state index in [1.54, 1.807) is 0 Å². The van der Waals surface area contributed by atoms with Crippen molar-refractivity contribution in [3.8, 4) is 0 Å². The minimum atomic E-state index is -0.691. The molecule has 0 aliphatic carbocycles. The van der Waals surface area contributed by atoms with Gasteiger partial charge in [0.15, 0.2) is 0 Å². The van der Waals surface area contributed by atoms with Crippen molar-refractivity contribution in [2.45, 2.75) is 18.9 Å². The maximum absolute atomic E-state index is 11.9. The number of amides is 1. The lowest BCUT2D eigenvalue weighted by molar-refractivity contribution is -0.384. The first-order chi connectivity index (χ1) is 11.5. The zero-order chi connectivity index (χ0) is 17.5. The number of carbonyl (C=O) groups excluding carboxylic acids is 1. The van der Waals surface area contributed by atoms with Crippen LogP contribution in [0.15, 0.2) is 48.5 Å². The molecule has 7 heteroatoms. The van der Waals surface area contributed by atoms with Gasteiger partial charge in [0.2, 0.25) is 5.91 Å². The van der Waals surface area contributed by atoms with Crippen LogP contribution in [0.4, 0.5) is 5.69 Å². The molecule has 24 heavy (non-hydrogen) atoms. The van der Waals surface area contributed by atoms with Gasteiger partial charge in [-0.15, -0.1) is 0 Å². The first-order valence-corrected chi connectivity index (χ1v) is 7.75. The summed E-state index contributed by atoms with van der Waals surface area (Å²) in [6.45, 7) is 0.123. The highest BCUT2D eigenvalue weighted by Crippen LogP contribution is 2.22. The van der Waals surface area contributed by atoms with E-state index >= 15 is 0 Å². The Hall–Kier alpha value is -2.44. The minimum Gasteiger partial charge on any atom is -0.391 e. The van der Waals surface area contributed by atoms with Crippen molar-refractivity contribution in [3.63, 3.8) is 0 Å². The molecule has 0 heterocycles. The predicted molar refractivity (Wildman–Crippen MR) is 91.0 cm³/mol. The molecule has 0 fully saturated rings. The smallest absolute Gasteiger partial charge is 0.270 e. The van der Waals surface area contributed by atoms with Crippen LogP contribution in [0.3, 0.4) is 0 Å². The molecule has 0 radical (unpaired) electrons. The van der Waals surface area contributed by atoms with Crippen LogP contribution >= 0.6 is 11.6 Å². The largest absolute Gasteiger partial charge is 0.391 e. The number of carbonyl (C=O) groups is 1. The number of nitrogens with zero attached hydrogens (tertiary/aromatic N) is 1. The van der Waals surface area contributed by atoms with Gasteiger partial charge in [0.05, 0.1) is 22.5 Å². The fourth-order valence-electron chi connectivity index (χ4n) is 2.22. The van der Waals surface area contributed by atoms with Crippen molar-refractivity contribution in [2.75, 3.05) is 6.54 Å². The molecule has 1 atom stereocenters. The maximum Gasteiger partial charge on any atom is 0.270 e. The van der Waals surface area contributed by atoms with Crippen molar-refractivity contribution in [1.29, 1.82) is 0 Å². The summed E-state index contributed by atoms with van der Waals surface area (Å²) in [6, 6.07) is 13.5. The highest BCUT2D eigenvalue weighted by atomic mass is 35.5. The molecule has 1 unspecified atom stereocenters. The first-order valence-electron chi connectivity index (χ1n) is 7.37. The van der Waals surface area contributed by atoms with Crippen LogP contribution in [-0.2, 0) is 17.6 Å². The van der Waals surface area contributed by atoms with Gasteiger partial charge < -0.3 is 10.4 Å². The van der Waals surface area contributed by atoms with Crippen molar-refractivity contribution in [2.24, 2.45) is 0 Å². The van der Waals surface area contributed by atoms with Gasteiger partial charge >= 0.3 is 0 Å². The molecule has 2 aromatic carbocycles. The molecule has 0 aromatic heterocycles. The van der Waals surface area contributed by atoms with E-state index in [-0.39, 0.29) is 29.6 Å². The Balaban J connectivity index is 1.84. The summed E-state index contributed by atoms with van der Waals surface area (Å²) < 4.78 is 0. The molecule has 1 amide bonds. The van der Waals surface area contributed by atoms with E-state index in [4.69, 9.17) is 11.6 Å². The van der Waals surface area contributed by atoms with E-state index in [0.717, 1.165) is 5.56 Å². The predicted octanol–water partition coefficient (Wildman–Crippen LogP) is 2.51. The third-order valence-corrected chi connectivity index (χ3v) is 3.80. The number of hydrogen-bond acceptors (Lipinski definition) is 4. The highest BCUT2D eigenvalue weighted by molar-refractivity contribution is 6.31. The Morgan fingerprint density at radius 1 is 1.25 bits per heavy atom. The van der Waals surface area contributed by atoms with Crippen molar-refractivity contribution >= 4 is 23.2 Å². The first kappa shape index (κ1) is 17.9. The van der Waals surface area contributed by atoms with Gasteiger partial charge in [0.1, 0.15) is 0 Å². The molecule has 126 valence electrons. The van der Waals surface area contributed by atoms with Gasteiger partial charge in [0.25, 0.3) is 5.69 Å². The quantitative estimate of drug-likeness (QED) is 0.594. The zero-order valence-electron chi connectivity index (χ0n) is 12.8. The van der Waals surface area contributed by atoms with E-state index in [0.29, 0.717) is 12.0 Å². The lowest BCUT2D eigenvalue weighted by Crippen LogP contribution is -2.34. The SMILES string of the molecule is O=C(Cc1ccc([N+](=O)[O-])cc1Cl)NCC(O)Cc1ccccc1. The number of non-ortho nitro benzene ring substituents is 1. The standard InChI is InChI=1S/C17H17ClN2O4/c18-16-10-14(20(23)24)7-6-13(16)9-17(22)19-11-15(21)8-12-4-2-1-3-5-12/h1-7,10,15,21H,8-9,11H2,(H,19,22). The molecule has 0 aliphatic rings. The van der Waals surface area contributed by atoms with Gasteiger partial charge in [-0.1, -0.05) is 48.0 Å². The molecule has 2 aromatic rings. The summed E-state index contributed by atoms with van der Waals surface area (Å²) in [5.74, 6) is -0.308. The number of hydrogen-bond donors (Lipinski definition) is 2. The van der Waals surface area contributed by atoms with E-state index in [9.17, 15) is 20.0 Å². The average Bonchev–Trinajstić information content (AvgIpc) is 2.55. The lowest BCUT2D eigenvalue weighted by Gasteiger charge is -2.12. The molecule has 6 nitrogen and oxygen atoms in total. The Bertz CT molecular complexity index is 722. The molecule has 0 saturated carbocycles.